The lowest BCUT2D eigenvalue weighted by Gasteiger charge is -2.39. The Morgan fingerprint density at radius 1 is 1.20 bits per heavy atom. The fraction of sp³-hybridized carbons (Fsp3) is 0.450. The van der Waals surface area contributed by atoms with Crippen molar-refractivity contribution in [3.63, 3.8) is 0 Å². The summed E-state index contributed by atoms with van der Waals surface area (Å²) in [6.45, 7) is 0.917. The third-order valence-electron chi connectivity index (χ3n) is 5.69. The fourth-order valence-corrected chi connectivity index (χ4v) is 4.20. The third kappa shape index (κ3) is 3.18. The van der Waals surface area contributed by atoms with E-state index in [1.54, 1.807) is 32.9 Å². The summed E-state index contributed by atoms with van der Waals surface area (Å²) in [4.78, 5) is 12.5. The number of benzene rings is 1. The van der Waals surface area contributed by atoms with E-state index in [-0.39, 0.29) is 12.1 Å². The van der Waals surface area contributed by atoms with Gasteiger partial charge in [0.2, 0.25) is 0 Å². The van der Waals surface area contributed by atoms with Gasteiger partial charge in [-0.05, 0) is 0 Å². The summed E-state index contributed by atoms with van der Waals surface area (Å²) in [6, 6.07) is 2.85. The Hall–Kier alpha value is -2.79. The molecule has 2 bridgehead atoms. The van der Waals surface area contributed by atoms with E-state index in [2.05, 4.69) is 20.3 Å². The zero-order valence-corrected chi connectivity index (χ0v) is 16.6. The molecule has 1 aromatic carbocycles. The number of aliphatic hydroxyl groups excluding tert-OH is 1. The number of hydrogen-bond donors (Lipinski definition) is 2. The standard InChI is InChI=1S/C20H23N5O5/c1-27-14-3-12-13(4-15(14)28-2)25(10-24-12)18-19(26)17(16-8-29-20(18)30-16)23-7-11-5-21-9-22-6-11/h3-6,9-10,16-20,23,26H,7-8H2,1-2H3. The molecule has 2 saturated heterocycles. The van der Waals surface area contributed by atoms with E-state index in [0.29, 0.717) is 24.7 Å². The monoisotopic (exact) mass is 413 g/mol. The molecule has 2 aromatic heterocycles. The Morgan fingerprint density at radius 3 is 2.73 bits per heavy atom. The molecule has 0 saturated carbocycles. The molecule has 5 unspecified atom stereocenters. The van der Waals surface area contributed by atoms with Gasteiger partial charge in [-0.25, -0.2) is 15.0 Å². The number of imidazole rings is 1. The number of ether oxygens (including phenoxy) is 4. The summed E-state index contributed by atoms with van der Waals surface area (Å²) >= 11 is 0. The quantitative estimate of drug-likeness (QED) is 0.602. The van der Waals surface area contributed by atoms with Gasteiger partial charge >= 0.3 is 0 Å². The molecule has 4 heterocycles. The number of fused-ring (bicyclic) bond motifs is 3. The van der Waals surface area contributed by atoms with Crippen LogP contribution in [0.1, 0.15) is 11.6 Å². The Bertz CT molecular complexity index is 1030. The van der Waals surface area contributed by atoms with E-state index in [0.717, 1.165) is 16.6 Å². The molecule has 2 N–H and O–H groups in total. The van der Waals surface area contributed by atoms with Crippen molar-refractivity contribution in [3.8, 4) is 11.5 Å². The fourth-order valence-electron chi connectivity index (χ4n) is 4.20. The average Bonchev–Trinajstić information content (AvgIpc) is 3.39. The first-order valence-corrected chi connectivity index (χ1v) is 9.70. The summed E-state index contributed by atoms with van der Waals surface area (Å²) in [5, 5.41) is 14.7. The molecule has 3 aromatic rings. The predicted octanol–water partition coefficient (Wildman–Crippen LogP) is 0.659. The van der Waals surface area contributed by atoms with Crippen LogP contribution in [0.4, 0.5) is 0 Å². The molecular formula is C20H23N5O5. The van der Waals surface area contributed by atoms with Crippen LogP contribution in [-0.4, -0.2) is 70.0 Å². The molecule has 5 rings (SSSR count). The highest BCUT2D eigenvalue weighted by Gasteiger charge is 2.51. The molecule has 5 atom stereocenters. The Balaban J connectivity index is 1.46. The van der Waals surface area contributed by atoms with Crippen LogP contribution >= 0.6 is 0 Å². The number of nitrogens with zero attached hydrogens (tertiary/aromatic N) is 4. The number of aromatic nitrogens is 4. The van der Waals surface area contributed by atoms with Crippen LogP contribution in [0.5, 0.6) is 11.5 Å². The third-order valence-corrected chi connectivity index (χ3v) is 5.69. The summed E-state index contributed by atoms with van der Waals surface area (Å²) in [7, 11) is 3.17. The van der Waals surface area contributed by atoms with E-state index in [4.69, 9.17) is 18.9 Å². The van der Waals surface area contributed by atoms with Gasteiger partial charge in [0.25, 0.3) is 0 Å². The highest BCUT2D eigenvalue weighted by Crippen LogP contribution is 2.39. The van der Waals surface area contributed by atoms with Crippen molar-refractivity contribution in [2.45, 2.75) is 37.1 Å². The molecule has 0 aliphatic carbocycles. The number of rotatable bonds is 6. The van der Waals surface area contributed by atoms with Crippen LogP contribution in [0, 0.1) is 0 Å². The Kier molecular flexibility index (Phi) is 4.99. The first-order valence-electron chi connectivity index (χ1n) is 9.70. The smallest absolute Gasteiger partial charge is 0.181 e. The lowest BCUT2D eigenvalue weighted by atomic mass is 9.95. The first-order chi connectivity index (χ1) is 14.7. The van der Waals surface area contributed by atoms with Crippen LogP contribution in [0.25, 0.3) is 11.0 Å². The minimum Gasteiger partial charge on any atom is -0.493 e. The van der Waals surface area contributed by atoms with Gasteiger partial charge in [0, 0.05) is 36.6 Å². The van der Waals surface area contributed by atoms with Gasteiger partial charge in [-0.1, -0.05) is 0 Å². The maximum absolute atomic E-state index is 11.3. The van der Waals surface area contributed by atoms with Gasteiger partial charge in [0.05, 0.1) is 50.3 Å². The van der Waals surface area contributed by atoms with E-state index in [9.17, 15) is 5.11 Å². The average molecular weight is 413 g/mol. The number of nitrogens with one attached hydrogen (secondary N) is 1. The van der Waals surface area contributed by atoms with Crippen LogP contribution in [-0.2, 0) is 16.0 Å². The molecular weight excluding hydrogens is 390 g/mol. The van der Waals surface area contributed by atoms with Crippen LogP contribution in [0.15, 0.2) is 37.2 Å². The minimum absolute atomic E-state index is 0.240. The Labute approximate surface area is 172 Å². The minimum atomic E-state index is -0.758. The van der Waals surface area contributed by atoms with Crippen molar-refractivity contribution >= 4 is 11.0 Å². The molecule has 2 aliphatic rings. The SMILES string of the molecule is COc1cc2ncn(C3C4OCC(O4)C(NCc4cncnc4)C3O)c2cc1OC. The molecule has 10 nitrogen and oxygen atoms in total. The largest absolute Gasteiger partial charge is 0.493 e. The summed E-state index contributed by atoms with van der Waals surface area (Å²) in [5.41, 5.74) is 2.45. The molecule has 158 valence electrons. The van der Waals surface area contributed by atoms with Gasteiger partial charge in [-0.15, -0.1) is 0 Å². The van der Waals surface area contributed by atoms with Crippen molar-refractivity contribution in [1.82, 2.24) is 24.8 Å². The maximum atomic E-state index is 11.3. The van der Waals surface area contributed by atoms with E-state index in [1.807, 2.05) is 16.7 Å². The van der Waals surface area contributed by atoms with Gasteiger partial charge < -0.3 is 33.9 Å². The Morgan fingerprint density at radius 2 is 1.97 bits per heavy atom. The second kappa shape index (κ2) is 7.80. The van der Waals surface area contributed by atoms with Crippen molar-refractivity contribution in [3.05, 3.63) is 42.7 Å². The number of methoxy groups -OCH3 is 2. The molecule has 0 spiro atoms. The zero-order valence-electron chi connectivity index (χ0n) is 16.6. The summed E-state index contributed by atoms with van der Waals surface area (Å²) in [6.07, 6.45) is 5.09. The van der Waals surface area contributed by atoms with Crippen LogP contribution in [0.2, 0.25) is 0 Å². The predicted molar refractivity (Wildman–Crippen MR) is 105 cm³/mol. The van der Waals surface area contributed by atoms with Gasteiger partial charge in [-0.2, -0.15) is 0 Å². The van der Waals surface area contributed by atoms with E-state index in [1.165, 1.54) is 6.33 Å². The molecule has 0 amide bonds. The van der Waals surface area contributed by atoms with E-state index >= 15 is 0 Å². The molecule has 10 heteroatoms. The zero-order chi connectivity index (χ0) is 20.7. The van der Waals surface area contributed by atoms with Crippen molar-refractivity contribution in [1.29, 1.82) is 0 Å². The molecule has 30 heavy (non-hydrogen) atoms. The van der Waals surface area contributed by atoms with Crippen LogP contribution in [0.3, 0.4) is 0 Å². The summed E-state index contributed by atoms with van der Waals surface area (Å²) < 4.78 is 24.6. The highest BCUT2D eigenvalue weighted by molar-refractivity contribution is 5.80. The number of aliphatic hydroxyl groups is 1. The van der Waals surface area contributed by atoms with Crippen molar-refractivity contribution < 1.29 is 24.1 Å². The number of hydrogen-bond acceptors (Lipinski definition) is 9. The lowest BCUT2D eigenvalue weighted by Crippen LogP contribution is -2.57. The topological polar surface area (TPSA) is 113 Å². The second-order valence-corrected chi connectivity index (χ2v) is 7.36. The van der Waals surface area contributed by atoms with Crippen molar-refractivity contribution in [2.75, 3.05) is 20.8 Å². The lowest BCUT2D eigenvalue weighted by molar-refractivity contribution is -0.164. The van der Waals surface area contributed by atoms with Gasteiger partial charge in [-0.3, -0.25) is 0 Å². The van der Waals surface area contributed by atoms with Crippen LogP contribution < -0.4 is 14.8 Å². The van der Waals surface area contributed by atoms with Crippen molar-refractivity contribution in [2.24, 2.45) is 0 Å². The maximum Gasteiger partial charge on any atom is 0.181 e. The molecule has 0 radical (unpaired) electrons. The van der Waals surface area contributed by atoms with Gasteiger partial charge in [0.15, 0.2) is 17.8 Å². The highest BCUT2D eigenvalue weighted by atomic mass is 16.7. The molecule has 2 aliphatic heterocycles. The normalized spacial score (nSPS) is 28.0. The second-order valence-electron chi connectivity index (χ2n) is 7.36. The van der Waals surface area contributed by atoms with Gasteiger partial charge in [0.1, 0.15) is 18.5 Å². The van der Waals surface area contributed by atoms with E-state index < -0.39 is 18.4 Å². The molecule has 2 fully saturated rings. The summed E-state index contributed by atoms with van der Waals surface area (Å²) in [5.74, 6) is 1.18. The first kappa shape index (κ1) is 19.2.